The number of hydrogen-bond donors (Lipinski definition) is 1. The lowest BCUT2D eigenvalue weighted by molar-refractivity contribution is 0.795. The maximum Gasteiger partial charge on any atom is 0.231 e. The minimum Gasteiger partial charge on any atom is -0.368 e. The van der Waals surface area contributed by atoms with E-state index in [-0.39, 0.29) is 5.95 Å². The molecule has 0 fully saturated rings. The summed E-state index contributed by atoms with van der Waals surface area (Å²) in [5.41, 5.74) is 7.03. The molecular formula is C13H19BrN6S. The molecule has 2 aromatic heterocycles. The Morgan fingerprint density at radius 1 is 1.19 bits per heavy atom. The van der Waals surface area contributed by atoms with Crippen molar-refractivity contribution in [2.24, 2.45) is 0 Å². The van der Waals surface area contributed by atoms with Gasteiger partial charge in [0.15, 0.2) is 0 Å². The van der Waals surface area contributed by atoms with Gasteiger partial charge < -0.3 is 15.5 Å². The standard InChI is InChI=1S/C13H19BrN6S/c1-4-20(5-2)13-17-11(15)16-12(18-13)19(3)7-9-6-10(14)21-8-9/h6,8H,4-5,7H2,1-3H3,(H2,15,16,17,18). The monoisotopic (exact) mass is 370 g/mol. The third-order valence-corrected chi connectivity index (χ3v) is 4.61. The van der Waals surface area contributed by atoms with E-state index in [4.69, 9.17) is 5.73 Å². The van der Waals surface area contributed by atoms with Crippen LogP contribution < -0.4 is 15.5 Å². The normalized spacial score (nSPS) is 10.7. The summed E-state index contributed by atoms with van der Waals surface area (Å²) in [6, 6.07) is 2.09. The van der Waals surface area contributed by atoms with Crippen LogP contribution in [-0.4, -0.2) is 35.1 Å². The van der Waals surface area contributed by atoms with Crippen LogP contribution in [0.3, 0.4) is 0 Å². The molecule has 0 spiro atoms. The zero-order valence-electron chi connectivity index (χ0n) is 12.4. The Morgan fingerprint density at radius 2 is 1.86 bits per heavy atom. The van der Waals surface area contributed by atoms with Crippen molar-refractivity contribution in [2.45, 2.75) is 20.4 Å². The molecule has 114 valence electrons. The quantitative estimate of drug-likeness (QED) is 0.842. The topological polar surface area (TPSA) is 71.2 Å². The Kier molecular flexibility index (Phi) is 5.35. The number of hydrogen-bond acceptors (Lipinski definition) is 7. The summed E-state index contributed by atoms with van der Waals surface area (Å²) < 4.78 is 1.12. The molecule has 2 heterocycles. The first-order valence-electron chi connectivity index (χ1n) is 6.74. The smallest absolute Gasteiger partial charge is 0.231 e. The summed E-state index contributed by atoms with van der Waals surface area (Å²) in [7, 11) is 1.95. The molecule has 0 aliphatic carbocycles. The number of nitrogen functional groups attached to an aromatic ring is 1. The van der Waals surface area contributed by atoms with Gasteiger partial charge in [-0.3, -0.25) is 0 Å². The molecule has 2 aromatic rings. The van der Waals surface area contributed by atoms with Crippen molar-refractivity contribution in [3.05, 3.63) is 20.8 Å². The van der Waals surface area contributed by atoms with Gasteiger partial charge in [-0.15, -0.1) is 11.3 Å². The molecule has 0 radical (unpaired) electrons. The highest BCUT2D eigenvalue weighted by Crippen LogP contribution is 2.23. The zero-order chi connectivity index (χ0) is 15.4. The van der Waals surface area contributed by atoms with Crippen molar-refractivity contribution in [1.29, 1.82) is 0 Å². The summed E-state index contributed by atoms with van der Waals surface area (Å²) in [6.07, 6.45) is 0. The maximum atomic E-state index is 5.82. The van der Waals surface area contributed by atoms with Crippen molar-refractivity contribution in [1.82, 2.24) is 15.0 Å². The highest BCUT2D eigenvalue weighted by atomic mass is 79.9. The van der Waals surface area contributed by atoms with E-state index >= 15 is 0 Å². The molecule has 0 amide bonds. The summed E-state index contributed by atoms with van der Waals surface area (Å²) in [5, 5.41) is 2.11. The second kappa shape index (κ2) is 7.04. The number of aromatic nitrogens is 3. The van der Waals surface area contributed by atoms with Gasteiger partial charge >= 0.3 is 0 Å². The van der Waals surface area contributed by atoms with E-state index in [2.05, 4.69) is 61.1 Å². The fourth-order valence-electron chi connectivity index (χ4n) is 1.96. The van der Waals surface area contributed by atoms with Gasteiger partial charge in [0, 0.05) is 26.7 Å². The lowest BCUT2D eigenvalue weighted by Gasteiger charge is -2.21. The average Bonchev–Trinajstić information content (AvgIpc) is 2.85. The molecule has 6 nitrogen and oxygen atoms in total. The highest BCUT2D eigenvalue weighted by molar-refractivity contribution is 9.11. The number of halogens is 1. The highest BCUT2D eigenvalue weighted by Gasteiger charge is 2.13. The van der Waals surface area contributed by atoms with Crippen molar-refractivity contribution < 1.29 is 0 Å². The second-order valence-corrected chi connectivity index (χ2v) is 6.87. The minimum absolute atomic E-state index is 0.250. The molecule has 2 rings (SSSR count). The first-order valence-corrected chi connectivity index (χ1v) is 8.41. The molecule has 0 saturated heterocycles. The summed E-state index contributed by atoms with van der Waals surface area (Å²) in [6.45, 7) is 6.52. The number of rotatable bonds is 6. The molecule has 0 aromatic carbocycles. The molecule has 0 aliphatic rings. The summed E-state index contributed by atoms with van der Waals surface area (Å²) in [4.78, 5) is 17.0. The predicted octanol–water partition coefficient (Wildman–Crippen LogP) is 2.76. The van der Waals surface area contributed by atoms with Gasteiger partial charge in [-0.25, -0.2) is 0 Å². The lowest BCUT2D eigenvalue weighted by atomic mass is 10.3. The van der Waals surface area contributed by atoms with Crippen LogP contribution >= 0.6 is 27.3 Å². The van der Waals surface area contributed by atoms with Gasteiger partial charge in [0.2, 0.25) is 17.8 Å². The number of thiophene rings is 1. The van der Waals surface area contributed by atoms with Crippen molar-refractivity contribution in [2.75, 3.05) is 35.7 Å². The van der Waals surface area contributed by atoms with E-state index in [1.807, 2.05) is 11.9 Å². The SMILES string of the molecule is CCN(CC)c1nc(N)nc(N(C)Cc2csc(Br)c2)n1. The molecular weight excluding hydrogens is 352 g/mol. The number of nitrogens with zero attached hydrogens (tertiary/aromatic N) is 5. The predicted molar refractivity (Wildman–Crippen MR) is 91.9 cm³/mol. The van der Waals surface area contributed by atoms with E-state index in [9.17, 15) is 0 Å². The Bertz CT molecular complexity index is 598. The van der Waals surface area contributed by atoms with Gasteiger partial charge in [0.1, 0.15) is 0 Å². The van der Waals surface area contributed by atoms with Crippen molar-refractivity contribution in [3.63, 3.8) is 0 Å². The first kappa shape index (κ1) is 16.0. The Hall–Kier alpha value is -1.41. The second-order valence-electron chi connectivity index (χ2n) is 4.58. The third-order valence-electron chi connectivity index (χ3n) is 3.06. The van der Waals surface area contributed by atoms with Crippen LogP contribution in [0.2, 0.25) is 0 Å². The molecule has 0 saturated carbocycles. The number of nitrogens with two attached hydrogens (primary N) is 1. The van der Waals surface area contributed by atoms with Crippen LogP contribution in [-0.2, 0) is 6.54 Å². The molecule has 0 atom stereocenters. The van der Waals surface area contributed by atoms with Gasteiger partial charge in [0.05, 0.1) is 3.79 Å². The first-order chi connectivity index (χ1) is 10.0. The van der Waals surface area contributed by atoms with Gasteiger partial charge in [0.25, 0.3) is 0 Å². The number of anilines is 3. The van der Waals surface area contributed by atoms with Gasteiger partial charge in [-0.1, -0.05) is 0 Å². The molecule has 0 unspecified atom stereocenters. The maximum absolute atomic E-state index is 5.82. The van der Waals surface area contributed by atoms with E-state index in [1.54, 1.807) is 11.3 Å². The van der Waals surface area contributed by atoms with Crippen LogP contribution in [0.15, 0.2) is 15.2 Å². The van der Waals surface area contributed by atoms with Gasteiger partial charge in [-0.05, 0) is 46.8 Å². The Balaban J connectivity index is 2.22. The Morgan fingerprint density at radius 3 is 2.43 bits per heavy atom. The van der Waals surface area contributed by atoms with Crippen molar-refractivity contribution in [3.8, 4) is 0 Å². The summed E-state index contributed by atoms with van der Waals surface area (Å²) in [5.74, 6) is 1.47. The molecule has 2 N–H and O–H groups in total. The fourth-order valence-corrected chi connectivity index (χ4v) is 3.16. The van der Waals surface area contributed by atoms with E-state index in [0.717, 1.165) is 23.4 Å². The third kappa shape index (κ3) is 4.04. The molecule has 0 aliphatic heterocycles. The zero-order valence-corrected chi connectivity index (χ0v) is 14.8. The van der Waals surface area contributed by atoms with Crippen LogP contribution in [0.25, 0.3) is 0 Å². The van der Waals surface area contributed by atoms with Crippen LogP contribution in [0, 0.1) is 0 Å². The van der Waals surface area contributed by atoms with Crippen LogP contribution in [0.1, 0.15) is 19.4 Å². The molecule has 8 heteroatoms. The van der Waals surface area contributed by atoms with E-state index in [1.165, 1.54) is 5.56 Å². The van der Waals surface area contributed by atoms with E-state index in [0.29, 0.717) is 11.9 Å². The molecule has 21 heavy (non-hydrogen) atoms. The largest absolute Gasteiger partial charge is 0.368 e. The van der Waals surface area contributed by atoms with Crippen LogP contribution in [0.4, 0.5) is 17.8 Å². The van der Waals surface area contributed by atoms with Crippen molar-refractivity contribution >= 4 is 45.1 Å². The average molecular weight is 371 g/mol. The fraction of sp³-hybridized carbons (Fsp3) is 0.462. The van der Waals surface area contributed by atoms with Crippen LogP contribution in [0.5, 0.6) is 0 Å². The van der Waals surface area contributed by atoms with E-state index < -0.39 is 0 Å². The Labute approximate surface area is 137 Å². The molecule has 0 bridgehead atoms. The lowest BCUT2D eigenvalue weighted by Crippen LogP contribution is -2.27. The summed E-state index contributed by atoms with van der Waals surface area (Å²) >= 11 is 5.14. The van der Waals surface area contributed by atoms with Gasteiger partial charge in [-0.2, -0.15) is 15.0 Å². The minimum atomic E-state index is 0.250.